The van der Waals surface area contributed by atoms with E-state index in [1.54, 1.807) is 13.1 Å². The zero-order chi connectivity index (χ0) is 14.4. The number of nitro groups is 1. The number of rotatable bonds is 7. The number of nitrogens with one attached hydrogen (secondary N) is 2. The Balaban J connectivity index is 2.76. The quantitative estimate of drug-likeness (QED) is 0.580. The van der Waals surface area contributed by atoms with Crippen molar-refractivity contribution in [2.75, 3.05) is 17.7 Å². The summed E-state index contributed by atoms with van der Waals surface area (Å²) in [5.74, 6) is 0.669. The molecule has 19 heavy (non-hydrogen) atoms. The van der Waals surface area contributed by atoms with E-state index in [-0.39, 0.29) is 10.6 Å². The molecule has 0 amide bonds. The Morgan fingerprint density at radius 3 is 2.32 bits per heavy atom. The van der Waals surface area contributed by atoms with Crippen LogP contribution in [0, 0.1) is 16.0 Å². The Hall–Kier alpha value is -1.78. The molecule has 106 valence electrons. The highest BCUT2D eigenvalue weighted by Gasteiger charge is 2.11. The van der Waals surface area contributed by atoms with E-state index in [2.05, 4.69) is 31.4 Å². The minimum atomic E-state index is -0.370. The minimum absolute atomic E-state index is 0.102. The standard InChI is InChI=1S/C14H23N3O2/c1-10(2)5-6-11(3)16-13-7-12(15-4)8-14(9-13)17(18)19/h7-11,15-16H,5-6H2,1-4H3. The molecule has 5 heteroatoms. The van der Waals surface area contributed by atoms with Crippen molar-refractivity contribution in [3.8, 4) is 0 Å². The van der Waals surface area contributed by atoms with Gasteiger partial charge in [-0.2, -0.15) is 0 Å². The molecule has 0 heterocycles. The van der Waals surface area contributed by atoms with E-state index in [1.165, 1.54) is 6.07 Å². The lowest BCUT2D eigenvalue weighted by atomic mass is 10.0. The second-order valence-corrected chi connectivity index (χ2v) is 5.29. The largest absolute Gasteiger partial charge is 0.388 e. The van der Waals surface area contributed by atoms with E-state index in [4.69, 9.17) is 0 Å². The van der Waals surface area contributed by atoms with Gasteiger partial charge in [0.2, 0.25) is 0 Å². The van der Waals surface area contributed by atoms with Crippen LogP contribution in [0.15, 0.2) is 18.2 Å². The van der Waals surface area contributed by atoms with Crippen LogP contribution in [0.2, 0.25) is 0 Å². The number of hydrogen-bond acceptors (Lipinski definition) is 4. The molecular formula is C14H23N3O2. The highest BCUT2D eigenvalue weighted by atomic mass is 16.6. The van der Waals surface area contributed by atoms with E-state index < -0.39 is 0 Å². The van der Waals surface area contributed by atoms with Crippen LogP contribution in [0.5, 0.6) is 0 Å². The Bertz CT molecular complexity index is 433. The van der Waals surface area contributed by atoms with Crippen molar-refractivity contribution < 1.29 is 4.92 Å². The smallest absolute Gasteiger partial charge is 0.273 e. The molecule has 5 nitrogen and oxygen atoms in total. The second kappa shape index (κ2) is 6.97. The Morgan fingerprint density at radius 2 is 1.79 bits per heavy atom. The van der Waals surface area contributed by atoms with E-state index in [1.807, 2.05) is 6.07 Å². The predicted molar refractivity (Wildman–Crippen MR) is 79.8 cm³/mol. The predicted octanol–water partition coefficient (Wildman–Crippen LogP) is 3.87. The van der Waals surface area contributed by atoms with Crippen molar-refractivity contribution in [1.29, 1.82) is 0 Å². The SMILES string of the molecule is CNc1cc(NC(C)CCC(C)C)cc([N+](=O)[O-])c1. The van der Waals surface area contributed by atoms with Gasteiger partial charge in [-0.05, 0) is 31.7 Å². The first kappa shape index (κ1) is 15.3. The van der Waals surface area contributed by atoms with Gasteiger partial charge in [-0.25, -0.2) is 0 Å². The van der Waals surface area contributed by atoms with E-state index >= 15 is 0 Å². The summed E-state index contributed by atoms with van der Waals surface area (Å²) in [6.07, 6.45) is 2.19. The minimum Gasteiger partial charge on any atom is -0.388 e. The van der Waals surface area contributed by atoms with Crippen LogP contribution in [-0.4, -0.2) is 18.0 Å². The highest BCUT2D eigenvalue weighted by Crippen LogP contribution is 2.25. The third kappa shape index (κ3) is 5.16. The van der Waals surface area contributed by atoms with Crippen molar-refractivity contribution in [3.63, 3.8) is 0 Å². The summed E-state index contributed by atoms with van der Waals surface area (Å²) in [6, 6.07) is 5.30. The molecule has 1 rings (SSSR count). The van der Waals surface area contributed by atoms with Crippen LogP contribution >= 0.6 is 0 Å². The molecule has 0 aromatic heterocycles. The molecule has 0 fully saturated rings. The van der Waals surface area contributed by atoms with Gasteiger partial charge >= 0.3 is 0 Å². The van der Waals surface area contributed by atoms with Crippen LogP contribution in [-0.2, 0) is 0 Å². The maximum atomic E-state index is 10.9. The van der Waals surface area contributed by atoms with Crippen molar-refractivity contribution in [1.82, 2.24) is 0 Å². The fraction of sp³-hybridized carbons (Fsp3) is 0.571. The third-order valence-corrected chi connectivity index (χ3v) is 3.01. The number of nitrogens with zero attached hydrogens (tertiary/aromatic N) is 1. The Labute approximate surface area is 114 Å². The van der Waals surface area contributed by atoms with Crippen molar-refractivity contribution >= 4 is 17.1 Å². The van der Waals surface area contributed by atoms with Crippen LogP contribution in [0.4, 0.5) is 17.1 Å². The highest BCUT2D eigenvalue weighted by molar-refractivity contribution is 5.63. The maximum absolute atomic E-state index is 10.9. The van der Waals surface area contributed by atoms with Crippen LogP contribution < -0.4 is 10.6 Å². The van der Waals surface area contributed by atoms with Crippen molar-refractivity contribution in [2.45, 2.75) is 39.7 Å². The monoisotopic (exact) mass is 265 g/mol. The molecule has 0 bridgehead atoms. The molecule has 1 atom stereocenters. The van der Waals surface area contributed by atoms with Gasteiger partial charge in [-0.15, -0.1) is 0 Å². The molecule has 0 radical (unpaired) electrons. The molecule has 0 saturated heterocycles. The van der Waals surface area contributed by atoms with E-state index in [9.17, 15) is 10.1 Å². The summed E-state index contributed by atoms with van der Waals surface area (Å²) in [6.45, 7) is 6.48. The normalized spacial score (nSPS) is 12.3. The first-order valence-electron chi connectivity index (χ1n) is 6.66. The van der Waals surface area contributed by atoms with E-state index in [0.29, 0.717) is 12.0 Å². The fourth-order valence-corrected chi connectivity index (χ4v) is 1.88. The first-order chi connectivity index (χ1) is 8.92. The summed E-state index contributed by atoms with van der Waals surface area (Å²) >= 11 is 0. The average Bonchev–Trinajstić information content (AvgIpc) is 2.35. The topological polar surface area (TPSA) is 67.2 Å². The van der Waals surface area contributed by atoms with Crippen molar-refractivity contribution in [3.05, 3.63) is 28.3 Å². The number of hydrogen-bond donors (Lipinski definition) is 2. The van der Waals surface area contributed by atoms with Gasteiger partial charge in [0, 0.05) is 36.6 Å². The van der Waals surface area contributed by atoms with Crippen LogP contribution in [0.1, 0.15) is 33.6 Å². The summed E-state index contributed by atoms with van der Waals surface area (Å²) in [5, 5.41) is 17.1. The lowest BCUT2D eigenvalue weighted by molar-refractivity contribution is -0.384. The van der Waals surface area contributed by atoms with Gasteiger partial charge in [-0.3, -0.25) is 10.1 Å². The zero-order valence-corrected chi connectivity index (χ0v) is 12.1. The molecule has 1 aromatic rings. The van der Waals surface area contributed by atoms with Crippen LogP contribution in [0.25, 0.3) is 0 Å². The summed E-state index contributed by atoms with van der Waals surface area (Å²) in [7, 11) is 1.75. The van der Waals surface area contributed by atoms with Gasteiger partial charge in [0.25, 0.3) is 5.69 Å². The lowest BCUT2D eigenvalue weighted by Crippen LogP contribution is -2.16. The van der Waals surface area contributed by atoms with Gasteiger partial charge in [0.1, 0.15) is 0 Å². The molecule has 0 aliphatic rings. The second-order valence-electron chi connectivity index (χ2n) is 5.29. The number of non-ortho nitro benzene ring substituents is 1. The fourth-order valence-electron chi connectivity index (χ4n) is 1.88. The molecule has 0 aliphatic carbocycles. The molecule has 2 N–H and O–H groups in total. The molecule has 1 aromatic carbocycles. The Kier molecular flexibility index (Phi) is 5.60. The third-order valence-electron chi connectivity index (χ3n) is 3.01. The summed E-state index contributed by atoms with van der Waals surface area (Å²) in [5.41, 5.74) is 1.63. The molecular weight excluding hydrogens is 242 g/mol. The number of benzene rings is 1. The molecule has 0 saturated carbocycles. The molecule has 0 spiro atoms. The zero-order valence-electron chi connectivity index (χ0n) is 12.1. The van der Waals surface area contributed by atoms with Gasteiger partial charge in [0.15, 0.2) is 0 Å². The lowest BCUT2D eigenvalue weighted by Gasteiger charge is -2.17. The average molecular weight is 265 g/mol. The number of anilines is 2. The van der Waals surface area contributed by atoms with Crippen molar-refractivity contribution in [2.24, 2.45) is 5.92 Å². The summed E-state index contributed by atoms with van der Waals surface area (Å²) < 4.78 is 0. The number of nitro benzene ring substituents is 1. The first-order valence-corrected chi connectivity index (χ1v) is 6.66. The maximum Gasteiger partial charge on any atom is 0.273 e. The summed E-state index contributed by atoms with van der Waals surface area (Å²) in [4.78, 5) is 10.5. The van der Waals surface area contributed by atoms with Crippen LogP contribution in [0.3, 0.4) is 0 Å². The van der Waals surface area contributed by atoms with Gasteiger partial charge in [-0.1, -0.05) is 13.8 Å². The van der Waals surface area contributed by atoms with Gasteiger partial charge < -0.3 is 10.6 Å². The van der Waals surface area contributed by atoms with Gasteiger partial charge in [0.05, 0.1) is 4.92 Å². The molecule has 0 aliphatic heterocycles. The van der Waals surface area contributed by atoms with E-state index in [0.717, 1.165) is 24.2 Å². The Morgan fingerprint density at radius 1 is 1.16 bits per heavy atom. The molecule has 1 unspecified atom stereocenters.